The highest BCUT2D eigenvalue weighted by Gasteiger charge is 2.20. The van der Waals surface area contributed by atoms with Gasteiger partial charge in [-0.05, 0) is 43.9 Å². The van der Waals surface area contributed by atoms with Crippen LogP contribution in [0.1, 0.15) is 43.1 Å². The number of esters is 1. The number of anilines is 1. The van der Waals surface area contributed by atoms with E-state index < -0.39 is 12.1 Å². The van der Waals surface area contributed by atoms with Crippen LogP contribution >= 0.6 is 0 Å². The molecule has 5 heteroatoms. The van der Waals surface area contributed by atoms with E-state index in [9.17, 15) is 9.59 Å². The maximum Gasteiger partial charge on any atom is 0.339 e. The first-order valence-electron chi connectivity index (χ1n) is 7.16. The summed E-state index contributed by atoms with van der Waals surface area (Å²) in [6.45, 7) is 8.05. The molecule has 0 aliphatic rings. The molecule has 0 saturated carbocycles. The average molecular weight is 292 g/mol. The topological polar surface area (TPSA) is 81.4 Å². The first-order valence-corrected chi connectivity index (χ1v) is 7.16. The first kappa shape index (κ1) is 17.0. The van der Waals surface area contributed by atoms with E-state index in [1.54, 1.807) is 32.0 Å². The minimum Gasteiger partial charge on any atom is -0.449 e. The molecule has 0 saturated heterocycles. The van der Waals surface area contributed by atoms with E-state index in [4.69, 9.17) is 10.5 Å². The fourth-order valence-corrected chi connectivity index (χ4v) is 1.78. The van der Waals surface area contributed by atoms with Gasteiger partial charge in [0.2, 0.25) is 0 Å². The summed E-state index contributed by atoms with van der Waals surface area (Å²) in [4.78, 5) is 23.9. The highest BCUT2D eigenvalue weighted by molar-refractivity contribution is 5.94. The average Bonchev–Trinajstić information content (AvgIpc) is 2.41. The van der Waals surface area contributed by atoms with Gasteiger partial charge in [-0.25, -0.2) is 4.79 Å². The Kier molecular flexibility index (Phi) is 6.21. The smallest absolute Gasteiger partial charge is 0.339 e. The van der Waals surface area contributed by atoms with E-state index in [0.717, 1.165) is 6.42 Å². The number of nitrogens with one attached hydrogen (secondary N) is 1. The van der Waals surface area contributed by atoms with Gasteiger partial charge in [-0.15, -0.1) is 0 Å². The zero-order chi connectivity index (χ0) is 16.0. The molecule has 1 unspecified atom stereocenters. The number of amides is 1. The number of carbonyl (C=O) groups excluding carboxylic acids is 2. The van der Waals surface area contributed by atoms with Crippen molar-refractivity contribution in [3.63, 3.8) is 0 Å². The van der Waals surface area contributed by atoms with Gasteiger partial charge in [-0.2, -0.15) is 0 Å². The molecule has 5 nitrogen and oxygen atoms in total. The minimum atomic E-state index is -0.828. The van der Waals surface area contributed by atoms with Gasteiger partial charge >= 0.3 is 5.97 Å². The number of carbonyl (C=O) groups is 2. The van der Waals surface area contributed by atoms with E-state index in [-0.39, 0.29) is 5.91 Å². The lowest BCUT2D eigenvalue weighted by atomic mass is 10.1. The van der Waals surface area contributed by atoms with Gasteiger partial charge in [0.25, 0.3) is 5.91 Å². The molecule has 116 valence electrons. The van der Waals surface area contributed by atoms with E-state index in [1.165, 1.54) is 0 Å². The highest BCUT2D eigenvalue weighted by atomic mass is 16.5. The molecule has 0 spiro atoms. The molecule has 0 radical (unpaired) electrons. The van der Waals surface area contributed by atoms with E-state index >= 15 is 0 Å². The second-order valence-corrected chi connectivity index (χ2v) is 5.54. The number of hydrogen-bond acceptors (Lipinski definition) is 4. The van der Waals surface area contributed by atoms with Crippen molar-refractivity contribution < 1.29 is 14.3 Å². The number of hydrogen-bond donors (Lipinski definition) is 2. The van der Waals surface area contributed by atoms with E-state index in [1.807, 2.05) is 0 Å². The van der Waals surface area contributed by atoms with Crippen molar-refractivity contribution >= 4 is 17.6 Å². The molecule has 1 rings (SSSR count). The van der Waals surface area contributed by atoms with Crippen LogP contribution in [0.15, 0.2) is 18.2 Å². The summed E-state index contributed by atoms with van der Waals surface area (Å²) in [7, 11) is 0. The Morgan fingerprint density at radius 1 is 1.29 bits per heavy atom. The Labute approximate surface area is 125 Å². The van der Waals surface area contributed by atoms with Crippen LogP contribution < -0.4 is 11.1 Å². The summed E-state index contributed by atoms with van der Waals surface area (Å²) in [6.07, 6.45) is 0.0614. The number of rotatable bonds is 6. The lowest BCUT2D eigenvalue weighted by molar-refractivity contribution is -0.129. The molecule has 0 aromatic heterocycles. The van der Waals surface area contributed by atoms with Crippen LogP contribution in [0.3, 0.4) is 0 Å². The maximum atomic E-state index is 12.1. The van der Waals surface area contributed by atoms with Gasteiger partial charge in [-0.1, -0.05) is 19.9 Å². The fraction of sp³-hybridized carbons (Fsp3) is 0.500. The Bertz CT molecular complexity index is 512. The van der Waals surface area contributed by atoms with Crippen LogP contribution in [-0.2, 0) is 9.53 Å². The number of nitrogens with two attached hydrogens (primary N) is 1. The Hall–Kier alpha value is -2.04. The van der Waals surface area contributed by atoms with Gasteiger partial charge in [0, 0.05) is 12.2 Å². The highest BCUT2D eigenvalue weighted by Crippen LogP contribution is 2.17. The van der Waals surface area contributed by atoms with Crippen LogP contribution in [0.25, 0.3) is 0 Å². The molecule has 21 heavy (non-hydrogen) atoms. The molecule has 0 aliphatic carbocycles. The Balaban J connectivity index is 2.57. The van der Waals surface area contributed by atoms with Crippen molar-refractivity contribution in [3.8, 4) is 0 Å². The van der Waals surface area contributed by atoms with Gasteiger partial charge in [0.05, 0.1) is 5.56 Å². The van der Waals surface area contributed by atoms with Crippen molar-refractivity contribution in [1.29, 1.82) is 0 Å². The number of nitrogen functional groups attached to an aromatic ring is 1. The second-order valence-electron chi connectivity index (χ2n) is 5.54. The van der Waals surface area contributed by atoms with Gasteiger partial charge in [0.15, 0.2) is 6.10 Å². The zero-order valence-electron chi connectivity index (χ0n) is 13.1. The molecule has 0 aliphatic heterocycles. The third kappa shape index (κ3) is 5.10. The molecule has 3 N–H and O–H groups in total. The molecular formula is C16H24N2O3. The van der Waals surface area contributed by atoms with E-state index in [2.05, 4.69) is 19.2 Å². The fourth-order valence-electron chi connectivity index (χ4n) is 1.78. The predicted molar refractivity (Wildman–Crippen MR) is 82.9 cm³/mol. The summed E-state index contributed by atoms with van der Waals surface area (Å²) in [5.41, 5.74) is 7.33. The van der Waals surface area contributed by atoms with Crippen molar-refractivity contribution in [2.75, 3.05) is 12.3 Å². The second kappa shape index (κ2) is 7.67. The lowest BCUT2D eigenvalue weighted by Crippen LogP contribution is -2.36. The monoisotopic (exact) mass is 292 g/mol. The molecular weight excluding hydrogens is 268 g/mol. The minimum absolute atomic E-state index is 0.287. The van der Waals surface area contributed by atoms with Crippen LogP contribution in [0, 0.1) is 12.8 Å². The molecule has 1 amide bonds. The standard InChI is InChI=1S/C16H24N2O3/c1-10(2)8-9-18-15(19)12(4)21-16(20)13-6-5-7-14(17)11(13)3/h5-7,10,12H,8-9,17H2,1-4H3,(H,18,19). The molecule has 0 heterocycles. The normalized spacial score (nSPS) is 12.0. The Morgan fingerprint density at radius 2 is 1.95 bits per heavy atom. The van der Waals surface area contributed by atoms with Crippen LogP contribution in [0.4, 0.5) is 5.69 Å². The van der Waals surface area contributed by atoms with Crippen molar-refractivity contribution in [2.45, 2.75) is 40.2 Å². The SMILES string of the molecule is Cc1c(N)cccc1C(=O)OC(C)C(=O)NCCC(C)C. The number of benzene rings is 1. The quantitative estimate of drug-likeness (QED) is 0.622. The molecule has 1 atom stereocenters. The summed E-state index contributed by atoms with van der Waals surface area (Å²) in [5.74, 6) is -0.310. The van der Waals surface area contributed by atoms with Gasteiger partial charge < -0.3 is 15.8 Å². The molecule has 1 aromatic carbocycles. The molecule has 1 aromatic rings. The van der Waals surface area contributed by atoms with Crippen molar-refractivity contribution in [1.82, 2.24) is 5.32 Å². The molecule has 0 fully saturated rings. The third-order valence-electron chi connectivity index (χ3n) is 3.27. The van der Waals surface area contributed by atoms with Gasteiger partial charge in [0.1, 0.15) is 0 Å². The summed E-state index contributed by atoms with van der Waals surface area (Å²) >= 11 is 0. The Morgan fingerprint density at radius 3 is 2.57 bits per heavy atom. The lowest BCUT2D eigenvalue weighted by Gasteiger charge is -2.15. The third-order valence-corrected chi connectivity index (χ3v) is 3.27. The first-order chi connectivity index (χ1) is 9.82. The van der Waals surface area contributed by atoms with Crippen LogP contribution in [0.5, 0.6) is 0 Å². The summed E-state index contributed by atoms with van der Waals surface area (Å²) < 4.78 is 5.19. The number of ether oxygens (including phenoxy) is 1. The van der Waals surface area contributed by atoms with E-state index in [0.29, 0.717) is 29.3 Å². The maximum absolute atomic E-state index is 12.1. The predicted octanol–water partition coefficient (Wildman–Crippen LogP) is 2.28. The summed E-state index contributed by atoms with van der Waals surface area (Å²) in [5, 5.41) is 2.76. The zero-order valence-corrected chi connectivity index (χ0v) is 13.1. The van der Waals surface area contributed by atoms with Crippen LogP contribution in [-0.4, -0.2) is 24.5 Å². The van der Waals surface area contributed by atoms with Gasteiger partial charge in [-0.3, -0.25) is 4.79 Å². The van der Waals surface area contributed by atoms with Crippen molar-refractivity contribution in [2.24, 2.45) is 5.92 Å². The molecule has 0 bridgehead atoms. The van der Waals surface area contributed by atoms with Crippen molar-refractivity contribution in [3.05, 3.63) is 29.3 Å². The summed E-state index contributed by atoms with van der Waals surface area (Å²) in [6, 6.07) is 5.04. The largest absolute Gasteiger partial charge is 0.449 e. The van der Waals surface area contributed by atoms with Crippen LogP contribution in [0.2, 0.25) is 0 Å².